The second-order valence-corrected chi connectivity index (χ2v) is 5.27. The lowest BCUT2D eigenvalue weighted by molar-refractivity contribution is -0.156. The monoisotopic (exact) mass is 286 g/mol. The van der Waals surface area contributed by atoms with Crippen molar-refractivity contribution >= 4 is 0 Å². The van der Waals surface area contributed by atoms with E-state index in [1.807, 2.05) is 56.3 Å². The first kappa shape index (κ1) is 15.7. The van der Waals surface area contributed by atoms with Crippen LogP contribution in [0.5, 0.6) is 0 Å². The van der Waals surface area contributed by atoms with Crippen molar-refractivity contribution in [2.45, 2.75) is 32.2 Å². The Hall–Kier alpha value is -1.68. The molecule has 0 fully saturated rings. The first-order valence-electron chi connectivity index (χ1n) is 7.18. The lowest BCUT2D eigenvalue weighted by Crippen LogP contribution is -2.27. The zero-order valence-corrected chi connectivity index (χ0v) is 12.4. The molecule has 0 bridgehead atoms. The second kappa shape index (κ2) is 7.36. The highest BCUT2D eigenvalue weighted by molar-refractivity contribution is 5.29. The number of aliphatic hydroxyl groups is 2. The minimum Gasteiger partial charge on any atom is -0.394 e. The van der Waals surface area contributed by atoms with Gasteiger partial charge in [-0.3, -0.25) is 0 Å². The van der Waals surface area contributed by atoms with Crippen molar-refractivity contribution in [3.05, 3.63) is 71.3 Å². The largest absolute Gasteiger partial charge is 0.394 e. The van der Waals surface area contributed by atoms with E-state index in [-0.39, 0.29) is 12.5 Å². The van der Waals surface area contributed by atoms with Crippen LogP contribution in [0.15, 0.2) is 54.6 Å². The van der Waals surface area contributed by atoms with Crippen LogP contribution in [-0.2, 0) is 4.74 Å². The van der Waals surface area contributed by atoms with Crippen molar-refractivity contribution < 1.29 is 14.9 Å². The summed E-state index contributed by atoms with van der Waals surface area (Å²) in [5.41, 5.74) is 2.96. The van der Waals surface area contributed by atoms with Gasteiger partial charge in [0.25, 0.3) is 0 Å². The summed E-state index contributed by atoms with van der Waals surface area (Å²) >= 11 is 0. The average Bonchev–Trinajstić information content (AvgIpc) is 2.53. The summed E-state index contributed by atoms with van der Waals surface area (Å²) in [5.74, 6) is -0.00503. The van der Waals surface area contributed by atoms with Crippen molar-refractivity contribution in [2.24, 2.45) is 0 Å². The van der Waals surface area contributed by atoms with Gasteiger partial charge in [-0.2, -0.15) is 0 Å². The first-order valence-corrected chi connectivity index (χ1v) is 7.18. The molecule has 0 radical (unpaired) electrons. The van der Waals surface area contributed by atoms with Crippen LogP contribution in [0.2, 0.25) is 0 Å². The third-order valence-corrected chi connectivity index (χ3v) is 3.81. The molecule has 0 aliphatic rings. The molecule has 0 saturated heterocycles. The Bertz CT molecular complexity index is 553. The minimum absolute atomic E-state index is 0.00503. The molecule has 3 nitrogen and oxygen atoms in total. The summed E-state index contributed by atoms with van der Waals surface area (Å²) < 4.78 is 5.66. The van der Waals surface area contributed by atoms with Gasteiger partial charge < -0.3 is 14.9 Å². The Morgan fingerprint density at radius 1 is 1.00 bits per heavy atom. The topological polar surface area (TPSA) is 49.7 Å². The van der Waals surface area contributed by atoms with Gasteiger partial charge in [-0.1, -0.05) is 61.5 Å². The molecule has 0 aliphatic carbocycles. The van der Waals surface area contributed by atoms with Gasteiger partial charge in [0.2, 0.25) is 0 Å². The predicted octanol–water partition coefficient (Wildman–Crippen LogP) is 3.17. The van der Waals surface area contributed by atoms with Crippen molar-refractivity contribution in [1.29, 1.82) is 0 Å². The number of hydrogen-bond donors (Lipinski definition) is 2. The third kappa shape index (κ3) is 3.91. The minimum atomic E-state index is -1.03. The van der Waals surface area contributed by atoms with Gasteiger partial charge >= 0.3 is 0 Å². The Labute approximate surface area is 125 Å². The zero-order chi connectivity index (χ0) is 15.2. The highest BCUT2D eigenvalue weighted by Gasteiger charge is 2.23. The van der Waals surface area contributed by atoms with Crippen LogP contribution in [-0.4, -0.2) is 22.9 Å². The molecule has 0 spiro atoms. The molecule has 2 aromatic carbocycles. The van der Waals surface area contributed by atoms with Crippen LogP contribution < -0.4 is 0 Å². The average molecular weight is 286 g/mol. The lowest BCUT2D eigenvalue weighted by atomic mass is 9.92. The molecule has 0 saturated carbocycles. The van der Waals surface area contributed by atoms with E-state index >= 15 is 0 Å². The highest BCUT2D eigenvalue weighted by atomic mass is 16.6. The highest BCUT2D eigenvalue weighted by Crippen LogP contribution is 2.27. The van der Waals surface area contributed by atoms with Crippen LogP contribution in [0.4, 0.5) is 0 Å². The van der Waals surface area contributed by atoms with E-state index in [9.17, 15) is 10.2 Å². The van der Waals surface area contributed by atoms with Crippen LogP contribution in [0, 0.1) is 6.92 Å². The van der Waals surface area contributed by atoms with E-state index in [4.69, 9.17) is 4.74 Å². The fraction of sp³-hybridized carbons (Fsp3) is 0.333. The van der Waals surface area contributed by atoms with Gasteiger partial charge in [-0.05, 0) is 18.1 Å². The molecular weight excluding hydrogens is 264 g/mol. The number of hydrogen-bond acceptors (Lipinski definition) is 3. The summed E-state index contributed by atoms with van der Waals surface area (Å²) in [6, 6.07) is 17.2. The van der Waals surface area contributed by atoms with Crippen LogP contribution in [0.3, 0.4) is 0 Å². The smallest absolute Gasteiger partial charge is 0.181 e. The Balaban J connectivity index is 2.11. The van der Waals surface area contributed by atoms with Crippen molar-refractivity contribution in [3.63, 3.8) is 0 Å². The van der Waals surface area contributed by atoms with Gasteiger partial charge in [0.1, 0.15) is 0 Å². The SMILES string of the molecule is Cc1ccccc1C(C)C(CO)OC(O)c1ccccc1. The molecule has 2 rings (SSSR count). The molecule has 3 atom stereocenters. The number of ether oxygens (including phenoxy) is 1. The van der Waals surface area contributed by atoms with E-state index < -0.39 is 12.4 Å². The Kier molecular flexibility index (Phi) is 5.51. The molecule has 0 amide bonds. The predicted molar refractivity (Wildman–Crippen MR) is 83.0 cm³/mol. The van der Waals surface area contributed by atoms with Gasteiger partial charge in [-0.15, -0.1) is 0 Å². The molecule has 2 aromatic rings. The van der Waals surface area contributed by atoms with Crippen LogP contribution in [0.1, 0.15) is 35.8 Å². The number of aryl methyl sites for hydroxylation is 1. The molecule has 3 unspecified atom stereocenters. The molecule has 112 valence electrons. The van der Waals surface area contributed by atoms with E-state index in [1.54, 1.807) is 12.1 Å². The quantitative estimate of drug-likeness (QED) is 0.802. The second-order valence-electron chi connectivity index (χ2n) is 5.27. The Morgan fingerprint density at radius 2 is 1.62 bits per heavy atom. The number of benzene rings is 2. The normalized spacial score (nSPS) is 15.4. The summed E-state index contributed by atoms with van der Waals surface area (Å²) in [6.07, 6.45) is -1.49. The maximum Gasteiger partial charge on any atom is 0.181 e. The molecule has 0 aromatic heterocycles. The lowest BCUT2D eigenvalue weighted by Gasteiger charge is -2.26. The third-order valence-electron chi connectivity index (χ3n) is 3.81. The number of aliphatic hydroxyl groups excluding tert-OH is 2. The summed E-state index contributed by atoms with van der Waals surface area (Å²) in [4.78, 5) is 0. The molecule has 0 heterocycles. The van der Waals surface area contributed by atoms with E-state index in [0.29, 0.717) is 5.56 Å². The fourth-order valence-corrected chi connectivity index (χ4v) is 2.48. The van der Waals surface area contributed by atoms with Gasteiger partial charge in [-0.25, -0.2) is 0 Å². The maximum absolute atomic E-state index is 10.2. The van der Waals surface area contributed by atoms with E-state index in [2.05, 4.69) is 0 Å². The standard InChI is InChI=1S/C18H22O3/c1-13-8-6-7-11-16(13)14(2)17(12-19)21-18(20)15-9-4-3-5-10-15/h3-11,14,17-20H,12H2,1-2H3. The van der Waals surface area contributed by atoms with Crippen LogP contribution >= 0.6 is 0 Å². The molecule has 21 heavy (non-hydrogen) atoms. The molecule has 3 heteroatoms. The van der Waals surface area contributed by atoms with Gasteiger partial charge in [0.15, 0.2) is 6.29 Å². The van der Waals surface area contributed by atoms with Crippen LogP contribution in [0.25, 0.3) is 0 Å². The van der Waals surface area contributed by atoms with E-state index in [0.717, 1.165) is 11.1 Å². The molecule has 0 aliphatic heterocycles. The Morgan fingerprint density at radius 3 is 2.24 bits per heavy atom. The van der Waals surface area contributed by atoms with Gasteiger partial charge in [0.05, 0.1) is 12.7 Å². The van der Waals surface area contributed by atoms with Gasteiger partial charge in [0, 0.05) is 11.5 Å². The summed E-state index contributed by atoms with van der Waals surface area (Å²) in [7, 11) is 0. The number of rotatable bonds is 6. The van der Waals surface area contributed by atoms with Crippen molar-refractivity contribution in [3.8, 4) is 0 Å². The molecular formula is C18H22O3. The first-order chi connectivity index (χ1) is 10.1. The van der Waals surface area contributed by atoms with Crippen molar-refractivity contribution in [1.82, 2.24) is 0 Å². The summed E-state index contributed by atoms with van der Waals surface area (Å²) in [5, 5.41) is 19.8. The fourth-order valence-electron chi connectivity index (χ4n) is 2.48. The van der Waals surface area contributed by atoms with E-state index in [1.165, 1.54) is 0 Å². The molecule has 2 N–H and O–H groups in total. The maximum atomic E-state index is 10.2. The van der Waals surface area contributed by atoms with Crippen molar-refractivity contribution in [2.75, 3.05) is 6.61 Å². The summed E-state index contributed by atoms with van der Waals surface area (Å²) in [6.45, 7) is 3.90. The zero-order valence-electron chi connectivity index (χ0n) is 12.4.